The molecule has 0 spiro atoms. The summed E-state index contributed by atoms with van der Waals surface area (Å²) in [5.74, 6) is 5.48. The molecule has 0 unspecified atom stereocenters. The average Bonchev–Trinajstić information content (AvgIpc) is 3.40. The minimum Gasteiger partial charge on any atom is -0.508 e. The van der Waals surface area contributed by atoms with Crippen molar-refractivity contribution in [3.8, 4) is 17.6 Å². The molecule has 0 aliphatic carbocycles. The highest BCUT2D eigenvalue weighted by molar-refractivity contribution is 5.67. The monoisotopic (exact) mass is 849 g/mol. The topological polar surface area (TPSA) is 223 Å². The predicted octanol–water partition coefficient (Wildman–Crippen LogP) is 4.21. The number of aliphatic hydroxyl groups is 7. The number of hydrogen-bond acceptors (Lipinski definition) is 11. The van der Waals surface area contributed by atoms with E-state index in [0.717, 1.165) is 47.9 Å². The normalized spacial score (nSPS) is 25.7. The number of phenolic OH excluding ortho intramolecular Hbond substituents is 1. The molecule has 12 heteroatoms. The van der Waals surface area contributed by atoms with Crippen LogP contribution >= 0.6 is 0 Å². The fraction of sp³-hybridized carbons (Fsp3) is 0.612. The number of aliphatic hydroxyl groups excluding tert-OH is 6. The van der Waals surface area contributed by atoms with Crippen molar-refractivity contribution < 1.29 is 50.8 Å². The van der Waals surface area contributed by atoms with E-state index >= 15 is 0 Å². The summed E-state index contributed by atoms with van der Waals surface area (Å²) in [5.41, 5.74) is 3.18. The Morgan fingerprint density at radius 2 is 1.79 bits per heavy atom. The van der Waals surface area contributed by atoms with Crippen LogP contribution in [0.2, 0.25) is 0 Å². The quantitative estimate of drug-likeness (QED) is 0.0845. The number of nitrogens with one attached hydrogen (secondary N) is 2. The van der Waals surface area contributed by atoms with Crippen LogP contribution in [-0.4, -0.2) is 119 Å². The molecule has 11 N–H and O–H groups in total. The summed E-state index contributed by atoms with van der Waals surface area (Å²) >= 11 is 0. The molecule has 4 rings (SSSR count). The maximum Gasteiger partial charge on any atom is 0.303 e. The molecule has 2 aromatic carbocycles. The zero-order valence-corrected chi connectivity index (χ0v) is 36.3. The van der Waals surface area contributed by atoms with Crippen LogP contribution in [0.25, 0.3) is 0 Å². The summed E-state index contributed by atoms with van der Waals surface area (Å²) < 4.78 is 0. The van der Waals surface area contributed by atoms with Crippen molar-refractivity contribution in [2.45, 2.75) is 171 Å². The lowest BCUT2D eigenvalue weighted by Crippen LogP contribution is -2.54. The molecule has 2 heterocycles. The molecule has 2 aromatic rings. The molecule has 61 heavy (non-hydrogen) atoms. The summed E-state index contributed by atoms with van der Waals surface area (Å²) in [6.45, 7) is 5.07. The number of carboxylic acid groups (broad SMARTS) is 1. The first-order valence-electron chi connectivity index (χ1n) is 22.3. The Labute approximate surface area is 362 Å². The highest BCUT2D eigenvalue weighted by Crippen LogP contribution is 2.32. The molecule has 0 saturated carbocycles. The minimum atomic E-state index is -1.49. The van der Waals surface area contributed by atoms with E-state index in [4.69, 9.17) is 0 Å². The van der Waals surface area contributed by atoms with Crippen molar-refractivity contribution in [1.29, 1.82) is 0 Å². The second-order valence-corrected chi connectivity index (χ2v) is 17.6. The van der Waals surface area contributed by atoms with Gasteiger partial charge in [0.05, 0.1) is 36.6 Å². The van der Waals surface area contributed by atoms with Crippen LogP contribution < -0.4 is 10.6 Å². The van der Waals surface area contributed by atoms with E-state index in [9.17, 15) is 50.8 Å². The van der Waals surface area contributed by atoms with Crippen molar-refractivity contribution in [3.05, 3.63) is 88.0 Å². The summed E-state index contributed by atoms with van der Waals surface area (Å²) in [7, 11) is 0. The molecule has 10 atom stereocenters. The lowest BCUT2D eigenvalue weighted by Gasteiger charge is -2.39. The van der Waals surface area contributed by atoms with Gasteiger partial charge in [-0.1, -0.05) is 74.4 Å². The van der Waals surface area contributed by atoms with Gasteiger partial charge in [-0.15, -0.1) is 0 Å². The molecule has 0 aromatic heterocycles. The van der Waals surface area contributed by atoms with Gasteiger partial charge in [0.15, 0.2) is 0 Å². The number of fused-ring (bicyclic) bond motifs is 1. The van der Waals surface area contributed by atoms with Crippen LogP contribution in [0.4, 0.5) is 0 Å². The van der Waals surface area contributed by atoms with Gasteiger partial charge in [-0.2, -0.15) is 0 Å². The van der Waals surface area contributed by atoms with Crippen molar-refractivity contribution in [2.75, 3.05) is 13.2 Å². The first-order valence-corrected chi connectivity index (χ1v) is 22.3. The summed E-state index contributed by atoms with van der Waals surface area (Å²) in [5, 5.41) is 105. The van der Waals surface area contributed by atoms with Gasteiger partial charge >= 0.3 is 5.97 Å². The third kappa shape index (κ3) is 15.6. The first kappa shape index (κ1) is 50.0. The molecular formula is C49H72N2O10. The molecule has 1 saturated heterocycles. The Morgan fingerprint density at radius 3 is 2.51 bits per heavy atom. The lowest BCUT2D eigenvalue weighted by molar-refractivity contribution is -0.138. The fourth-order valence-electron chi connectivity index (χ4n) is 8.99. The number of hydrogen-bond donors (Lipinski definition) is 11. The second kappa shape index (κ2) is 24.9. The molecule has 0 amide bonds. The Hall–Kier alpha value is -3.61. The summed E-state index contributed by atoms with van der Waals surface area (Å²) in [6, 6.07) is 10.9. The van der Waals surface area contributed by atoms with Crippen LogP contribution in [0.3, 0.4) is 0 Å². The van der Waals surface area contributed by atoms with Gasteiger partial charge in [-0.05, 0) is 124 Å². The van der Waals surface area contributed by atoms with Gasteiger partial charge < -0.3 is 56.6 Å². The largest absolute Gasteiger partial charge is 0.508 e. The zero-order valence-electron chi connectivity index (χ0n) is 36.3. The van der Waals surface area contributed by atoms with Crippen LogP contribution in [-0.2, 0) is 24.1 Å². The van der Waals surface area contributed by atoms with Gasteiger partial charge in [-0.3, -0.25) is 4.79 Å². The van der Waals surface area contributed by atoms with Crippen LogP contribution in [0.15, 0.2) is 65.8 Å². The fourth-order valence-corrected chi connectivity index (χ4v) is 8.99. The number of aromatic hydroxyl groups is 1. The Balaban J connectivity index is 1.89. The van der Waals surface area contributed by atoms with E-state index in [1.807, 2.05) is 38.1 Å². The Bertz CT molecular complexity index is 1800. The number of phenols is 1. The molecular weight excluding hydrogens is 777 g/mol. The Morgan fingerprint density at radius 1 is 1.02 bits per heavy atom. The summed E-state index contributed by atoms with van der Waals surface area (Å²) in [6.07, 6.45) is 5.42. The van der Waals surface area contributed by atoms with Crippen LogP contribution in [0, 0.1) is 17.8 Å². The number of allylic oxidation sites excluding steroid dienone is 2. The van der Waals surface area contributed by atoms with E-state index in [1.165, 1.54) is 0 Å². The van der Waals surface area contributed by atoms with Gasteiger partial charge in [0.1, 0.15) is 5.75 Å². The van der Waals surface area contributed by atoms with Gasteiger partial charge in [0.25, 0.3) is 0 Å². The predicted molar refractivity (Wildman–Crippen MR) is 237 cm³/mol. The van der Waals surface area contributed by atoms with Crippen molar-refractivity contribution in [1.82, 2.24) is 10.6 Å². The highest BCUT2D eigenvalue weighted by atomic mass is 16.4. The van der Waals surface area contributed by atoms with Gasteiger partial charge in [0.2, 0.25) is 0 Å². The number of rotatable bonds is 20. The van der Waals surface area contributed by atoms with Crippen LogP contribution in [0.1, 0.15) is 120 Å². The van der Waals surface area contributed by atoms with E-state index in [2.05, 4.69) is 22.5 Å². The standard InChI is InChI=1S/C49H72N2O10/c1-4-5-15-43(56)44(57)23-20-35-18-17-34-12-7-6-11-33(34)13-9-16-46(49(3,61)30-38-19-21-39(54)27-36(38)25-26-52)51-42(41(35)29-40(55)31-53)22-24-45(58)48-37(28-47(59)60)14-8-10-32(2)50-48/h6-7,11-12,19-21,23,27,32,37,40,42-46,48,50-58,61H,4-5,8,10,14-18,22,24-26,28-31H2,1-3H3,(H,59,60)/b23-20+,41-35+/t32-,37+,40-,42-,43-,44+,45-,46+,48+,49-/m0/s1. The van der Waals surface area contributed by atoms with Crippen molar-refractivity contribution in [2.24, 2.45) is 5.92 Å². The minimum absolute atomic E-state index is 0.0135. The van der Waals surface area contributed by atoms with E-state index in [0.29, 0.717) is 36.8 Å². The smallest absolute Gasteiger partial charge is 0.303 e. The molecule has 12 nitrogen and oxygen atoms in total. The lowest BCUT2D eigenvalue weighted by atomic mass is 9.81. The molecule has 0 radical (unpaired) electrons. The third-order valence-electron chi connectivity index (χ3n) is 12.5. The number of benzene rings is 2. The second-order valence-electron chi connectivity index (χ2n) is 17.6. The number of carbonyl (C=O) groups is 1. The summed E-state index contributed by atoms with van der Waals surface area (Å²) in [4.78, 5) is 12.0. The van der Waals surface area contributed by atoms with Crippen molar-refractivity contribution in [3.63, 3.8) is 0 Å². The highest BCUT2D eigenvalue weighted by Gasteiger charge is 2.37. The van der Waals surface area contributed by atoms with E-state index in [1.54, 1.807) is 37.3 Å². The molecule has 0 bridgehead atoms. The van der Waals surface area contributed by atoms with Crippen LogP contribution in [0.5, 0.6) is 5.75 Å². The first-order chi connectivity index (χ1) is 29.1. The number of aliphatic carboxylic acids is 1. The van der Waals surface area contributed by atoms with Crippen molar-refractivity contribution >= 4 is 5.97 Å². The maximum atomic E-state index is 12.6. The molecule has 2 aliphatic heterocycles. The maximum absolute atomic E-state index is 12.6. The molecule has 2 aliphatic rings. The molecule has 1 fully saturated rings. The molecule has 338 valence electrons. The SMILES string of the molecule is CCCC[C@H](O)[C@H](O)/C=C/C1=C(\C[C@H](O)CO)[C@H](CC[C@H](O)[C@@H]2N[C@@H](C)CCC[C@@H]2CC(=O)O)N[C@@H]([C@@](C)(O)Cc2ccc(O)cc2CCO)CC#Cc2ccccc2CC1. The van der Waals surface area contributed by atoms with E-state index in [-0.39, 0.29) is 69.3 Å². The number of carboxylic acids is 1. The Kier molecular flexibility index (Phi) is 20.4. The average molecular weight is 849 g/mol. The van der Waals surface area contributed by atoms with E-state index < -0.39 is 60.7 Å². The van der Waals surface area contributed by atoms with Gasteiger partial charge in [-0.25, -0.2) is 0 Å². The van der Waals surface area contributed by atoms with Gasteiger partial charge in [0, 0.05) is 55.6 Å². The zero-order chi connectivity index (χ0) is 44.5. The number of aryl methyl sites for hydroxylation is 1. The number of unbranched alkanes of at least 4 members (excludes halogenated alkanes) is 1. The third-order valence-corrected chi connectivity index (χ3v) is 12.5.